The molecule has 0 unspecified atom stereocenters. The second-order valence-corrected chi connectivity index (χ2v) is 5.93. The Labute approximate surface area is 124 Å². The van der Waals surface area contributed by atoms with Gasteiger partial charge in [-0.2, -0.15) is 0 Å². The monoisotopic (exact) mass is 290 g/mol. The van der Waals surface area contributed by atoms with E-state index in [0.717, 1.165) is 31.2 Å². The lowest BCUT2D eigenvalue weighted by atomic mass is 9.83. The van der Waals surface area contributed by atoms with Gasteiger partial charge in [0.2, 0.25) is 0 Å². The fourth-order valence-corrected chi connectivity index (χ4v) is 2.72. The average molecular weight is 290 g/mol. The van der Waals surface area contributed by atoms with Crippen molar-refractivity contribution in [1.29, 1.82) is 0 Å². The number of hydrogen-bond donors (Lipinski definition) is 3. The Kier molecular flexibility index (Phi) is 4.83. The molecule has 21 heavy (non-hydrogen) atoms. The Morgan fingerprint density at radius 3 is 2.33 bits per heavy atom. The summed E-state index contributed by atoms with van der Waals surface area (Å²) < 4.78 is 0. The van der Waals surface area contributed by atoms with Crippen molar-refractivity contribution in [3.05, 3.63) is 35.4 Å². The Morgan fingerprint density at radius 2 is 1.76 bits per heavy atom. The third-order valence-corrected chi connectivity index (χ3v) is 4.03. The summed E-state index contributed by atoms with van der Waals surface area (Å²) in [4.78, 5) is 22.7. The first-order valence-electron chi connectivity index (χ1n) is 7.37. The van der Waals surface area contributed by atoms with E-state index in [1.54, 1.807) is 24.3 Å². The quantitative estimate of drug-likeness (QED) is 0.797. The minimum Gasteiger partial charge on any atom is -0.478 e. The number of carboxylic acid groups (broad SMARTS) is 1. The van der Waals surface area contributed by atoms with Crippen LogP contribution >= 0.6 is 0 Å². The summed E-state index contributed by atoms with van der Waals surface area (Å²) in [6.45, 7) is 2.48. The predicted molar refractivity (Wildman–Crippen MR) is 80.3 cm³/mol. The SMILES string of the molecule is CC1(NC(=O)NCc2ccc(C(=O)O)cc2)CCCCC1. The van der Waals surface area contributed by atoms with E-state index in [1.165, 1.54) is 6.42 Å². The normalized spacial score (nSPS) is 17.0. The largest absolute Gasteiger partial charge is 0.478 e. The molecule has 1 aliphatic rings. The second-order valence-electron chi connectivity index (χ2n) is 5.93. The van der Waals surface area contributed by atoms with Gasteiger partial charge in [0.25, 0.3) is 0 Å². The van der Waals surface area contributed by atoms with Gasteiger partial charge >= 0.3 is 12.0 Å². The van der Waals surface area contributed by atoms with Crippen LogP contribution in [0.1, 0.15) is 54.9 Å². The van der Waals surface area contributed by atoms with Crippen molar-refractivity contribution in [2.75, 3.05) is 0 Å². The number of amides is 2. The van der Waals surface area contributed by atoms with Gasteiger partial charge in [-0.25, -0.2) is 9.59 Å². The molecule has 114 valence electrons. The standard InChI is InChI=1S/C16H22N2O3/c1-16(9-3-2-4-10-16)18-15(21)17-11-12-5-7-13(8-6-12)14(19)20/h5-8H,2-4,9-11H2,1H3,(H,19,20)(H2,17,18,21). The van der Waals surface area contributed by atoms with Gasteiger partial charge in [-0.15, -0.1) is 0 Å². The molecule has 0 aromatic heterocycles. The Bertz CT molecular complexity index is 505. The summed E-state index contributed by atoms with van der Waals surface area (Å²) in [5.41, 5.74) is 1.03. The Balaban J connectivity index is 1.82. The maximum atomic E-state index is 11.9. The van der Waals surface area contributed by atoms with Gasteiger partial charge < -0.3 is 15.7 Å². The molecule has 0 bridgehead atoms. The molecule has 0 heterocycles. The number of aromatic carboxylic acids is 1. The lowest BCUT2D eigenvalue weighted by Crippen LogP contribution is -2.50. The fourth-order valence-electron chi connectivity index (χ4n) is 2.72. The van der Waals surface area contributed by atoms with Gasteiger partial charge in [0.05, 0.1) is 5.56 Å². The summed E-state index contributed by atoms with van der Waals surface area (Å²) in [6.07, 6.45) is 5.61. The summed E-state index contributed by atoms with van der Waals surface area (Å²) in [5.74, 6) is -0.947. The van der Waals surface area contributed by atoms with Crippen molar-refractivity contribution in [2.24, 2.45) is 0 Å². The van der Waals surface area contributed by atoms with E-state index < -0.39 is 5.97 Å². The molecular weight excluding hydrogens is 268 g/mol. The van der Waals surface area contributed by atoms with Crippen LogP contribution in [0.3, 0.4) is 0 Å². The van der Waals surface area contributed by atoms with Gasteiger partial charge in [-0.05, 0) is 37.5 Å². The molecule has 0 atom stereocenters. The number of urea groups is 1. The highest BCUT2D eigenvalue weighted by Crippen LogP contribution is 2.27. The van der Waals surface area contributed by atoms with Gasteiger partial charge in [-0.1, -0.05) is 31.4 Å². The van der Waals surface area contributed by atoms with Gasteiger partial charge in [0.15, 0.2) is 0 Å². The number of nitrogens with one attached hydrogen (secondary N) is 2. The Hall–Kier alpha value is -2.04. The summed E-state index contributed by atoms with van der Waals surface area (Å²) in [6, 6.07) is 6.35. The summed E-state index contributed by atoms with van der Waals surface area (Å²) in [7, 11) is 0. The van der Waals surface area contributed by atoms with E-state index in [1.807, 2.05) is 0 Å². The third kappa shape index (κ3) is 4.48. The lowest BCUT2D eigenvalue weighted by molar-refractivity contribution is 0.0697. The van der Waals surface area contributed by atoms with Crippen molar-refractivity contribution < 1.29 is 14.7 Å². The first-order valence-corrected chi connectivity index (χ1v) is 7.37. The number of carbonyl (C=O) groups is 2. The molecular formula is C16H22N2O3. The molecule has 0 aliphatic heterocycles. The molecule has 0 saturated heterocycles. The van der Waals surface area contributed by atoms with Crippen molar-refractivity contribution in [2.45, 2.75) is 51.1 Å². The van der Waals surface area contributed by atoms with Crippen LogP contribution in [0.25, 0.3) is 0 Å². The van der Waals surface area contributed by atoms with E-state index in [9.17, 15) is 9.59 Å². The fraction of sp³-hybridized carbons (Fsp3) is 0.500. The number of rotatable bonds is 4. The topological polar surface area (TPSA) is 78.4 Å². The van der Waals surface area contributed by atoms with E-state index in [2.05, 4.69) is 17.6 Å². The number of carboxylic acids is 1. The van der Waals surface area contributed by atoms with Crippen LogP contribution in [0.5, 0.6) is 0 Å². The molecule has 0 radical (unpaired) electrons. The minimum absolute atomic E-state index is 0.102. The predicted octanol–water partition coefficient (Wildman–Crippen LogP) is 2.91. The molecule has 1 saturated carbocycles. The van der Waals surface area contributed by atoms with Crippen LogP contribution in [-0.2, 0) is 6.54 Å². The first kappa shape index (κ1) is 15.4. The highest BCUT2D eigenvalue weighted by molar-refractivity contribution is 5.87. The van der Waals surface area contributed by atoms with Gasteiger partial charge in [-0.3, -0.25) is 0 Å². The molecule has 2 amide bonds. The highest BCUT2D eigenvalue weighted by Gasteiger charge is 2.28. The molecule has 5 heteroatoms. The van der Waals surface area contributed by atoms with Crippen molar-refractivity contribution in [3.8, 4) is 0 Å². The third-order valence-electron chi connectivity index (χ3n) is 4.03. The van der Waals surface area contributed by atoms with Crippen LogP contribution in [0.15, 0.2) is 24.3 Å². The van der Waals surface area contributed by atoms with Crippen molar-refractivity contribution in [1.82, 2.24) is 10.6 Å². The van der Waals surface area contributed by atoms with Crippen LogP contribution < -0.4 is 10.6 Å². The molecule has 2 rings (SSSR count). The maximum absolute atomic E-state index is 11.9. The zero-order chi connectivity index (χ0) is 15.3. The van der Waals surface area contributed by atoms with Crippen LogP contribution in [-0.4, -0.2) is 22.6 Å². The summed E-state index contributed by atoms with van der Waals surface area (Å²) in [5, 5.41) is 14.7. The van der Waals surface area contributed by atoms with Crippen LogP contribution in [0.4, 0.5) is 4.79 Å². The number of benzene rings is 1. The molecule has 3 N–H and O–H groups in total. The number of hydrogen-bond acceptors (Lipinski definition) is 2. The number of carbonyl (C=O) groups excluding carboxylic acids is 1. The van der Waals surface area contributed by atoms with Gasteiger partial charge in [0.1, 0.15) is 0 Å². The van der Waals surface area contributed by atoms with E-state index in [0.29, 0.717) is 6.54 Å². The zero-order valence-corrected chi connectivity index (χ0v) is 12.3. The van der Waals surface area contributed by atoms with E-state index in [4.69, 9.17) is 5.11 Å². The molecule has 1 aromatic carbocycles. The van der Waals surface area contributed by atoms with Crippen LogP contribution in [0.2, 0.25) is 0 Å². The maximum Gasteiger partial charge on any atom is 0.335 e. The molecule has 1 aromatic rings. The van der Waals surface area contributed by atoms with E-state index in [-0.39, 0.29) is 17.1 Å². The average Bonchev–Trinajstić information content (AvgIpc) is 2.46. The van der Waals surface area contributed by atoms with Crippen LogP contribution in [0, 0.1) is 0 Å². The lowest BCUT2D eigenvalue weighted by Gasteiger charge is -2.34. The smallest absolute Gasteiger partial charge is 0.335 e. The molecule has 0 spiro atoms. The molecule has 1 aliphatic carbocycles. The highest BCUT2D eigenvalue weighted by atomic mass is 16.4. The van der Waals surface area contributed by atoms with Gasteiger partial charge in [0, 0.05) is 12.1 Å². The minimum atomic E-state index is -0.947. The Morgan fingerprint density at radius 1 is 1.14 bits per heavy atom. The van der Waals surface area contributed by atoms with Crippen molar-refractivity contribution >= 4 is 12.0 Å². The molecule has 1 fully saturated rings. The first-order chi connectivity index (χ1) is 9.98. The zero-order valence-electron chi connectivity index (χ0n) is 12.3. The van der Waals surface area contributed by atoms with Crippen molar-refractivity contribution in [3.63, 3.8) is 0 Å². The van der Waals surface area contributed by atoms with E-state index >= 15 is 0 Å². The second kappa shape index (κ2) is 6.61. The summed E-state index contributed by atoms with van der Waals surface area (Å²) >= 11 is 0. The molecule has 5 nitrogen and oxygen atoms in total.